The van der Waals surface area contributed by atoms with Crippen LogP contribution in [-0.2, 0) is 0 Å². The molecule has 0 spiro atoms. The number of urea groups is 1. The molecular formula is C11H10Cl4FN3O2S. The topological polar surface area (TPSA) is 44.8 Å². The van der Waals surface area contributed by atoms with E-state index in [1.165, 1.54) is 24.1 Å². The fourth-order valence-electron chi connectivity index (χ4n) is 1.93. The van der Waals surface area contributed by atoms with E-state index in [1.54, 1.807) is 6.92 Å². The van der Waals surface area contributed by atoms with Gasteiger partial charge in [0.1, 0.15) is 6.17 Å². The summed E-state index contributed by atoms with van der Waals surface area (Å²) in [4.78, 5) is 13.7. The summed E-state index contributed by atoms with van der Waals surface area (Å²) < 4.78 is 16.6. The van der Waals surface area contributed by atoms with Crippen molar-refractivity contribution >= 4 is 70.1 Å². The highest BCUT2D eigenvalue weighted by Gasteiger charge is 2.41. The van der Waals surface area contributed by atoms with Crippen molar-refractivity contribution in [1.82, 2.24) is 9.84 Å². The van der Waals surface area contributed by atoms with Crippen molar-refractivity contribution in [2.24, 2.45) is 0 Å². The molecular weight excluding hydrogens is 399 g/mol. The Balaban J connectivity index is 2.31. The number of amides is 2. The van der Waals surface area contributed by atoms with Crippen LogP contribution >= 0.6 is 58.4 Å². The number of nitrogens with one attached hydrogen (secondary N) is 1. The summed E-state index contributed by atoms with van der Waals surface area (Å²) >= 11 is 22.9. The van der Waals surface area contributed by atoms with Crippen LogP contribution in [0.2, 0.25) is 10.0 Å². The molecule has 2 amide bonds. The first-order chi connectivity index (χ1) is 10.1. The van der Waals surface area contributed by atoms with E-state index < -0.39 is 16.1 Å². The monoisotopic (exact) mass is 407 g/mol. The number of ether oxygens (including phenoxy) is 1. The molecule has 1 aliphatic rings. The van der Waals surface area contributed by atoms with E-state index >= 15 is 0 Å². The highest BCUT2D eigenvalue weighted by atomic mass is 35.5. The van der Waals surface area contributed by atoms with E-state index in [-0.39, 0.29) is 10.0 Å². The highest BCUT2D eigenvalue weighted by Crippen LogP contribution is 2.42. The van der Waals surface area contributed by atoms with Gasteiger partial charge >= 0.3 is 9.95 Å². The van der Waals surface area contributed by atoms with Gasteiger partial charge in [0.25, 0.3) is 0 Å². The molecule has 0 saturated carbocycles. The van der Waals surface area contributed by atoms with Crippen LogP contribution in [0.25, 0.3) is 0 Å². The highest BCUT2D eigenvalue weighted by molar-refractivity contribution is 8.01. The molecule has 22 heavy (non-hydrogen) atoms. The van der Waals surface area contributed by atoms with Crippen molar-refractivity contribution < 1.29 is 13.9 Å². The van der Waals surface area contributed by atoms with E-state index in [2.05, 4.69) is 5.43 Å². The second-order valence-electron chi connectivity index (χ2n) is 4.23. The lowest BCUT2D eigenvalue weighted by Crippen LogP contribution is -2.34. The molecule has 5 nitrogen and oxygen atoms in total. The van der Waals surface area contributed by atoms with Crippen molar-refractivity contribution in [3.05, 3.63) is 22.2 Å². The van der Waals surface area contributed by atoms with E-state index in [0.29, 0.717) is 23.4 Å². The van der Waals surface area contributed by atoms with Gasteiger partial charge in [-0.3, -0.25) is 4.90 Å². The number of nitrogens with zero attached hydrogens (tertiary/aromatic N) is 2. The maximum atomic E-state index is 13.3. The lowest BCUT2D eigenvalue weighted by atomic mass is 10.2. The quantitative estimate of drug-likeness (QED) is 0.574. The minimum absolute atomic E-state index is 0.241. The largest absolute Gasteiger partial charge is 0.494 e. The van der Waals surface area contributed by atoms with E-state index in [9.17, 15) is 9.18 Å². The number of carbonyl (C=O) groups is 1. The smallest absolute Gasteiger partial charge is 0.350 e. The third-order valence-electron chi connectivity index (χ3n) is 2.73. The molecule has 1 aliphatic heterocycles. The number of halogens is 5. The van der Waals surface area contributed by atoms with Gasteiger partial charge < -0.3 is 4.74 Å². The Labute approximate surface area is 150 Å². The van der Waals surface area contributed by atoms with Crippen LogP contribution in [0.5, 0.6) is 5.75 Å². The average molecular weight is 409 g/mol. The van der Waals surface area contributed by atoms with Crippen molar-refractivity contribution in [2.75, 3.05) is 12.0 Å². The molecule has 0 aromatic heterocycles. The van der Waals surface area contributed by atoms with Crippen LogP contribution in [0.3, 0.4) is 0 Å². The van der Waals surface area contributed by atoms with Gasteiger partial charge in [0.15, 0.2) is 5.75 Å². The summed E-state index contributed by atoms with van der Waals surface area (Å²) in [7, 11) is 1.43. The Bertz CT molecular complexity index is 578. The normalized spacial score (nSPS) is 19.0. The van der Waals surface area contributed by atoms with E-state index in [1.807, 2.05) is 0 Å². The first-order valence-corrected chi connectivity index (χ1v) is 8.11. The molecule has 0 aliphatic carbocycles. The zero-order chi connectivity index (χ0) is 16.7. The van der Waals surface area contributed by atoms with Gasteiger partial charge in [-0.25, -0.2) is 4.79 Å². The SMILES string of the molecule is COc1c(Cl)cc(N2C(=O)N(SC(F)(Cl)Cl)NC2C)cc1Cl. The van der Waals surface area contributed by atoms with Crippen LogP contribution in [0.15, 0.2) is 12.1 Å². The van der Waals surface area contributed by atoms with Crippen molar-refractivity contribution in [2.45, 2.75) is 17.0 Å². The van der Waals surface area contributed by atoms with Gasteiger partial charge in [0, 0.05) is 11.9 Å². The van der Waals surface area contributed by atoms with Gasteiger partial charge in [0.05, 0.1) is 22.8 Å². The molecule has 1 aromatic carbocycles. The maximum absolute atomic E-state index is 13.3. The van der Waals surface area contributed by atoms with Crippen LogP contribution in [0.4, 0.5) is 14.9 Å². The number of benzene rings is 1. The number of anilines is 1. The Morgan fingerprint density at radius 2 is 1.91 bits per heavy atom. The fourth-order valence-corrected chi connectivity index (χ4v) is 3.55. The summed E-state index contributed by atoms with van der Waals surface area (Å²) in [5.74, 6) is 0.301. The number of carbonyl (C=O) groups excluding carboxylic acids is 1. The number of hydrogen-bond donors (Lipinski definition) is 1. The van der Waals surface area contributed by atoms with Crippen molar-refractivity contribution in [3.8, 4) is 5.75 Å². The van der Waals surface area contributed by atoms with Gasteiger partial charge in [-0.1, -0.05) is 46.4 Å². The summed E-state index contributed by atoms with van der Waals surface area (Å²) in [6.07, 6.45) is -0.490. The molecule has 1 aromatic rings. The molecule has 1 fully saturated rings. The third-order valence-corrected chi connectivity index (χ3v) is 4.36. The Hall–Kier alpha value is -0.310. The van der Waals surface area contributed by atoms with Crippen molar-refractivity contribution in [1.29, 1.82) is 0 Å². The number of hydrazine groups is 1. The molecule has 11 heteroatoms. The minimum atomic E-state index is -2.65. The second kappa shape index (κ2) is 6.67. The minimum Gasteiger partial charge on any atom is -0.494 e. The number of alkyl halides is 3. The Morgan fingerprint density at radius 1 is 1.36 bits per heavy atom. The zero-order valence-electron chi connectivity index (χ0n) is 11.2. The summed E-state index contributed by atoms with van der Waals surface area (Å²) in [6.45, 7) is 1.69. The van der Waals surface area contributed by atoms with Crippen molar-refractivity contribution in [3.63, 3.8) is 0 Å². The summed E-state index contributed by atoms with van der Waals surface area (Å²) in [5.41, 5.74) is 3.14. The van der Waals surface area contributed by atoms with E-state index in [4.69, 9.17) is 51.1 Å². The summed E-state index contributed by atoms with van der Waals surface area (Å²) in [6, 6.07) is 2.46. The molecule has 1 N–H and O–H groups in total. The summed E-state index contributed by atoms with van der Waals surface area (Å²) in [5, 5.41) is 0.483. The molecule has 0 radical (unpaired) electrons. The van der Waals surface area contributed by atoms with Crippen LogP contribution in [-0.4, -0.2) is 27.6 Å². The lowest BCUT2D eigenvalue weighted by molar-refractivity contribution is 0.235. The van der Waals surface area contributed by atoms with Crippen LogP contribution < -0.4 is 15.1 Å². The van der Waals surface area contributed by atoms with Gasteiger partial charge in [-0.15, -0.1) is 0 Å². The van der Waals surface area contributed by atoms with E-state index in [0.717, 1.165) is 4.41 Å². The predicted octanol–water partition coefficient (Wildman–Crippen LogP) is 4.80. The molecule has 122 valence electrons. The molecule has 2 rings (SSSR count). The predicted molar refractivity (Wildman–Crippen MR) is 88.5 cm³/mol. The molecule has 1 heterocycles. The first kappa shape index (κ1) is 18.0. The molecule has 0 bridgehead atoms. The molecule has 1 unspecified atom stereocenters. The number of hydrogen-bond acceptors (Lipinski definition) is 4. The van der Waals surface area contributed by atoms with Gasteiger partial charge in [-0.05, 0) is 19.1 Å². The zero-order valence-corrected chi connectivity index (χ0v) is 15.1. The first-order valence-electron chi connectivity index (χ1n) is 5.82. The molecule has 1 saturated heterocycles. The lowest BCUT2D eigenvalue weighted by Gasteiger charge is -2.20. The Morgan fingerprint density at radius 3 is 2.36 bits per heavy atom. The van der Waals surface area contributed by atoms with Crippen LogP contribution in [0.1, 0.15) is 6.92 Å². The average Bonchev–Trinajstić information content (AvgIpc) is 2.61. The van der Waals surface area contributed by atoms with Crippen LogP contribution in [0, 0.1) is 0 Å². The third kappa shape index (κ3) is 3.77. The fraction of sp³-hybridized carbons (Fsp3) is 0.364. The van der Waals surface area contributed by atoms with Gasteiger partial charge in [-0.2, -0.15) is 14.2 Å². The Kier molecular flexibility index (Phi) is 5.46. The standard InChI is InChI=1S/C11H10Cl4FN3O2S/c1-5-17-19(22-11(14,15)16)10(20)18(5)6-3-7(12)9(21-2)8(13)4-6/h3-5,17H,1-2H3. The van der Waals surface area contributed by atoms with Gasteiger partial charge in [0.2, 0.25) is 0 Å². The molecule has 1 atom stereocenters. The number of rotatable bonds is 4. The maximum Gasteiger partial charge on any atom is 0.350 e. The number of methoxy groups -OCH3 is 1. The second-order valence-corrected chi connectivity index (χ2v) is 7.84.